The van der Waals surface area contributed by atoms with Crippen LogP contribution in [0.4, 0.5) is 0 Å². The minimum atomic E-state index is -0.789. The van der Waals surface area contributed by atoms with Crippen LogP contribution in [0.1, 0.15) is 64.8 Å². The summed E-state index contributed by atoms with van der Waals surface area (Å²) in [6, 6.07) is 16.9. The summed E-state index contributed by atoms with van der Waals surface area (Å²) in [7, 11) is 0. The van der Waals surface area contributed by atoms with E-state index in [-0.39, 0.29) is 24.7 Å². The normalized spacial score (nSPS) is 23.4. The van der Waals surface area contributed by atoms with Crippen molar-refractivity contribution in [1.29, 1.82) is 0 Å². The highest BCUT2D eigenvalue weighted by atomic mass is 35.5. The lowest BCUT2D eigenvalue weighted by Crippen LogP contribution is -2.52. The van der Waals surface area contributed by atoms with Crippen LogP contribution in [0.5, 0.6) is 0 Å². The number of fused-ring (bicyclic) bond motifs is 1. The smallest absolute Gasteiger partial charge is 0.254 e. The highest BCUT2D eigenvalue weighted by Gasteiger charge is 2.47. The fraction of sp³-hybridized carbons (Fsp3) is 0.321. The predicted molar refractivity (Wildman–Crippen MR) is 140 cm³/mol. The Kier molecular flexibility index (Phi) is 7.76. The Hall–Kier alpha value is -2.97. The van der Waals surface area contributed by atoms with E-state index in [0.29, 0.717) is 58.1 Å². The van der Waals surface area contributed by atoms with Crippen molar-refractivity contribution in [2.45, 2.75) is 56.4 Å². The zero-order chi connectivity index (χ0) is 25.9. The molecule has 7 nitrogen and oxygen atoms in total. The zero-order valence-electron chi connectivity index (χ0n) is 20.0. The van der Waals surface area contributed by atoms with E-state index in [2.05, 4.69) is 10.5 Å². The van der Waals surface area contributed by atoms with E-state index in [1.54, 1.807) is 59.6 Å². The largest absolute Gasteiger partial charge is 0.393 e. The van der Waals surface area contributed by atoms with Crippen LogP contribution in [0.2, 0.25) is 10.0 Å². The van der Waals surface area contributed by atoms with Gasteiger partial charge in [-0.3, -0.25) is 19.4 Å². The van der Waals surface area contributed by atoms with Gasteiger partial charge in [0.2, 0.25) is 0 Å². The molecule has 9 heteroatoms. The van der Waals surface area contributed by atoms with E-state index in [1.165, 1.54) is 0 Å². The summed E-state index contributed by atoms with van der Waals surface area (Å²) in [4.78, 5) is 39.3. The number of hydroxylamine groups is 1. The molecule has 1 aliphatic heterocycles. The molecule has 5 rings (SSSR count). The zero-order valence-corrected chi connectivity index (χ0v) is 21.5. The number of aliphatic hydroxyl groups excluding tert-OH is 1. The molecule has 0 bridgehead atoms. The summed E-state index contributed by atoms with van der Waals surface area (Å²) in [6.45, 7) is 0.0937. The lowest BCUT2D eigenvalue weighted by atomic mass is 9.77. The SMILES string of the molecule is O=C(NOCc1ccccn1)[C@@H]1c2ccccc2C(=O)N([C@H]2CC[C@H](O)CC2)[C@H]1c1ccc(Cl)cc1Cl. The molecule has 1 aromatic heterocycles. The number of carbonyl (C=O) groups is 2. The first-order valence-corrected chi connectivity index (χ1v) is 13.1. The van der Waals surface area contributed by atoms with Crippen LogP contribution in [0, 0.1) is 0 Å². The quantitative estimate of drug-likeness (QED) is 0.419. The highest BCUT2D eigenvalue weighted by Crippen LogP contribution is 2.47. The summed E-state index contributed by atoms with van der Waals surface area (Å²) in [5, 5.41) is 10.9. The Balaban J connectivity index is 1.55. The first kappa shape index (κ1) is 25.7. The maximum absolute atomic E-state index is 13.9. The number of hydrogen-bond donors (Lipinski definition) is 2. The van der Waals surface area contributed by atoms with Gasteiger partial charge in [-0.15, -0.1) is 0 Å². The molecule has 37 heavy (non-hydrogen) atoms. The van der Waals surface area contributed by atoms with Gasteiger partial charge in [-0.05, 0) is 67.1 Å². The van der Waals surface area contributed by atoms with Crippen LogP contribution in [0.15, 0.2) is 66.9 Å². The number of pyridine rings is 1. The van der Waals surface area contributed by atoms with Gasteiger partial charge in [0.1, 0.15) is 6.61 Å². The molecule has 1 aliphatic carbocycles. The molecule has 0 saturated heterocycles. The molecule has 0 radical (unpaired) electrons. The van der Waals surface area contributed by atoms with Gasteiger partial charge in [0.05, 0.1) is 23.8 Å². The number of nitrogens with zero attached hydrogens (tertiary/aromatic N) is 2. The van der Waals surface area contributed by atoms with Crippen LogP contribution < -0.4 is 5.48 Å². The van der Waals surface area contributed by atoms with Gasteiger partial charge in [-0.1, -0.05) is 53.5 Å². The fourth-order valence-electron chi connectivity index (χ4n) is 5.37. The summed E-state index contributed by atoms with van der Waals surface area (Å²) >= 11 is 12.9. The molecule has 0 unspecified atom stereocenters. The van der Waals surface area contributed by atoms with E-state index < -0.39 is 17.9 Å². The molecule has 2 heterocycles. The van der Waals surface area contributed by atoms with Crippen molar-refractivity contribution in [3.63, 3.8) is 0 Å². The Morgan fingerprint density at radius 2 is 1.78 bits per heavy atom. The Labute approximate surface area is 225 Å². The van der Waals surface area contributed by atoms with Crippen LogP contribution in [-0.2, 0) is 16.2 Å². The number of aromatic nitrogens is 1. The van der Waals surface area contributed by atoms with Crippen molar-refractivity contribution in [2.75, 3.05) is 0 Å². The first-order valence-electron chi connectivity index (χ1n) is 12.3. The van der Waals surface area contributed by atoms with Gasteiger partial charge in [0, 0.05) is 27.8 Å². The summed E-state index contributed by atoms with van der Waals surface area (Å²) in [6.07, 6.45) is 3.69. The second-order valence-electron chi connectivity index (χ2n) is 9.43. The lowest BCUT2D eigenvalue weighted by Gasteiger charge is -2.47. The van der Waals surface area contributed by atoms with E-state index in [0.717, 1.165) is 0 Å². The molecular formula is C28H27Cl2N3O4. The van der Waals surface area contributed by atoms with Crippen molar-refractivity contribution in [2.24, 2.45) is 0 Å². The van der Waals surface area contributed by atoms with E-state index in [9.17, 15) is 14.7 Å². The first-order chi connectivity index (χ1) is 17.9. The summed E-state index contributed by atoms with van der Waals surface area (Å²) < 4.78 is 0. The predicted octanol–water partition coefficient (Wildman–Crippen LogP) is 5.22. The third-order valence-corrected chi connectivity index (χ3v) is 7.68. The summed E-state index contributed by atoms with van der Waals surface area (Å²) in [5.74, 6) is -1.35. The van der Waals surface area contributed by atoms with E-state index in [4.69, 9.17) is 28.0 Å². The molecule has 2 aliphatic rings. The number of rotatable bonds is 6. The van der Waals surface area contributed by atoms with Crippen molar-refractivity contribution in [3.05, 3.63) is 99.3 Å². The average molecular weight is 540 g/mol. The lowest BCUT2D eigenvalue weighted by molar-refractivity contribution is -0.138. The number of benzene rings is 2. The molecule has 2 atom stereocenters. The van der Waals surface area contributed by atoms with E-state index in [1.807, 2.05) is 12.1 Å². The van der Waals surface area contributed by atoms with Gasteiger partial charge >= 0.3 is 0 Å². The Morgan fingerprint density at radius 3 is 2.51 bits per heavy atom. The molecule has 2 amide bonds. The monoisotopic (exact) mass is 539 g/mol. The average Bonchev–Trinajstić information content (AvgIpc) is 2.90. The number of halogens is 2. The van der Waals surface area contributed by atoms with Crippen LogP contribution >= 0.6 is 23.2 Å². The number of carbonyl (C=O) groups excluding carboxylic acids is 2. The van der Waals surface area contributed by atoms with Crippen LogP contribution in [-0.4, -0.2) is 39.0 Å². The third kappa shape index (κ3) is 5.36. The number of nitrogens with one attached hydrogen (secondary N) is 1. The van der Waals surface area contributed by atoms with E-state index >= 15 is 0 Å². The maximum Gasteiger partial charge on any atom is 0.254 e. The molecule has 3 aromatic rings. The standard InChI is InChI=1S/C28H27Cl2N3O4/c29-17-8-13-23(24(30)15-17)26-25(27(35)32-37-16-18-5-3-4-14-31-18)21-6-1-2-7-22(21)28(36)33(26)19-9-11-20(34)12-10-19/h1-8,13-15,19-20,25-26,34H,9-12,16H2,(H,32,35)/t19-,20-,25-,26+/m1/s1. The molecular weight excluding hydrogens is 513 g/mol. The van der Waals surface area contributed by atoms with Crippen molar-refractivity contribution >= 4 is 35.0 Å². The molecule has 1 saturated carbocycles. The Morgan fingerprint density at radius 1 is 1.03 bits per heavy atom. The van der Waals surface area contributed by atoms with Gasteiger partial charge < -0.3 is 10.0 Å². The number of amides is 2. The topological polar surface area (TPSA) is 91.8 Å². The summed E-state index contributed by atoms with van der Waals surface area (Å²) in [5.41, 5.74) is 4.97. The molecule has 0 spiro atoms. The van der Waals surface area contributed by atoms with Gasteiger partial charge in [-0.2, -0.15) is 0 Å². The van der Waals surface area contributed by atoms with Crippen LogP contribution in [0.3, 0.4) is 0 Å². The number of hydrogen-bond acceptors (Lipinski definition) is 5. The van der Waals surface area contributed by atoms with Gasteiger partial charge in [-0.25, -0.2) is 5.48 Å². The van der Waals surface area contributed by atoms with Crippen molar-refractivity contribution < 1.29 is 19.5 Å². The maximum atomic E-state index is 13.9. The third-order valence-electron chi connectivity index (χ3n) is 7.12. The second-order valence-corrected chi connectivity index (χ2v) is 10.3. The molecule has 2 aromatic carbocycles. The van der Waals surface area contributed by atoms with Gasteiger partial charge in [0.25, 0.3) is 11.8 Å². The second kappa shape index (κ2) is 11.2. The molecule has 192 valence electrons. The minimum absolute atomic E-state index is 0.0937. The van der Waals surface area contributed by atoms with Crippen molar-refractivity contribution in [1.82, 2.24) is 15.4 Å². The van der Waals surface area contributed by atoms with Gasteiger partial charge in [0.15, 0.2) is 0 Å². The Bertz CT molecular complexity index is 1280. The minimum Gasteiger partial charge on any atom is -0.393 e. The molecule has 1 fully saturated rings. The fourth-order valence-corrected chi connectivity index (χ4v) is 5.89. The number of aliphatic hydroxyl groups is 1. The van der Waals surface area contributed by atoms with Crippen molar-refractivity contribution in [3.8, 4) is 0 Å². The molecule has 2 N–H and O–H groups in total. The van der Waals surface area contributed by atoms with Crippen LogP contribution in [0.25, 0.3) is 0 Å². The highest BCUT2D eigenvalue weighted by molar-refractivity contribution is 6.35.